The van der Waals surface area contributed by atoms with Crippen molar-refractivity contribution >= 4 is 30.8 Å². The largest absolute Gasteiger partial charge is 0.493 e. The molecule has 3 aromatic carbocycles. The van der Waals surface area contributed by atoms with Crippen LogP contribution in [0.1, 0.15) is 44.3 Å². The van der Waals surface area contributed by atoms with E-state index >= 15 is 0 Å². The Labute approximate surface area is 250 Å². The zero-order valence-electron chi connectivity index (χ0n) is 24.6. The molecule has 2 amide bonds. The van der Waals surface area contributed by atoms with E-state index in [0.717, 1.165) is 22.3 Å². The van der Waals surface area contributed by atoms with Crippen LogP contribution in [0, 0.1) is 13.8 Å². The van der Waals surface area contributed by atoms with Gasteiger partial charge in [0.2, 0.25) is 0 Å². The van der Waals surface area contributed by atoms with Crippen LogP contribution in [-0.4, -0.2) is 54.0 Å². The molecule has 0 fully saturated rings. The number of hydrogen-bond donors (Lipinski definition) is 0. The number of aryl methyl sites for hydroxylation is 3. The second-order valence-electron chi connectivity index (χ2n) is 10.7. The van der Waals surface area contributed by atoms with Gasteiger partial charge in [0.25, 0.3) is 11.8 Å². The summed E-state index contributed by atoms with van der Waals surface area (Å²) in [6.45, 7) is 6.82. The number of amides is 2. The van der Waals surface area contributed by atoms with Crippen molar-refractivity contribution in [3.63, 3.8) is 0 Å². The van der Waals surface area contributed by atoms with Gasteiger partial charge in [-0.15, -0.1) is 0 Å². The van der Waals surface area contributed by atoms with Gasteiger partial charge >= 0.3 is 5.69 Å². The van der Waals surface area contributed by atoms with Crippen LogP contribution in [0.3, 0.4) is 0 Å². The van der Waals surface area contributed by atoms with E-state index in [4.69, 9.17) is 22.3 Å². The smallest absolute Gasteiger partial charge is 0.330 e. The quantitative estimate of drug-likeness (QED) is 0.250. The minimum absolute atomic E-state index is 0.0238. The fraction of sp³-hybridized carbons (Fsp3) is 0.273. The van der Waals surface area contributed by atoms with Gasteiger partial charge in [-0.3, -0.25) is 23.6 Å². The third-order valence-electron chi connectivity index (χ3n) is 8.03. The van der Waals surface area contributed by atoms with Gasteiger partial charge in [0.15, 0.2) is 11.5 Å². The number of nitrogens with zero attached hydrogens (tertiary/aromatic N) is 4. The van der Waals surface area contributed by atoms with Gasteiger partial charge in [-0.1, -0.05) is 29.7 Å². The molecule has 2 aliphatic rings. The molecule has 9 nitrogen and oxygen atoms in total. The molecule has 0 unspecified atom stereocenters. The van der Waals surface area contributed by atoms with Crippen molar-refractivity contribution in [2.45, 2.75) is 40.3 Å². The molecule has 6 rings (SSSR count). The molecular formula is C33H31BN4O5. The fourth-order valence-corrected chi connectivity index (χ4v) is 6.00. The van der Waals surface area contributed by atoms with E-state index in [-0.39, 0.29) is 30.6 Å². The van der Waals surface area contributed by atoms with Crippen molar-refractivity contribution in [2.75, 3.05) is 20.3 Å². The summed E-state index contributed by atoms with van der Waals surface area (Å²) < 4.78 is 14.7. The maximum atomic E-state index is 14.2. The topological polar surface area (TPSA) is 95.1 Å². The Bertz CT molecular complexity index is 1880. The van der Waals surface area contributed by atoms with Crippen LogP contribution < -0.4 is 26.1 Å². The highest BCUT2D eigenvalue weighted by Gasteiger charge is 2.35. The van der Waals surface area contributed by atoms with Gasteiger partial charge in [0, 0.05) is 31.3 Å². The number of fused-ring (bicyclic) bond motifs is 4. The van der Waals surface area contributed by atoms with Crippen LogP contribution in [0.5, 0.6) is 11.5 Å². The summed E-state index contributed by atoms with van der Waals surface area (Å²) in [5.41, 5.74) is 6.53. The Morgan fingerprint density at radius 1 is 0.884 bits per heavy atom. The van der Waals surface area contributed by atoms with E-state index in [2.05, 4.69) is 0 Å². The predicted octanol–water partition coefficient (Wildman–Crippen LogP) is 3.22. The minimum atomic E-state index is -0.367. The zero-order valence-corrected chi connectivity index (χ0v) is 24.6. The monoisotopic (exact) mass is 574 g/mol. The van der Waals surface area contributed by atoms with Gasteiger partial charge in [-0.05, 0) is 68.1 Å². The zero-order chi connectivity index (χ0) is 30.4. The maximum Gasteiger partial charge on any atom is 0.330 e. The van der Waals surface area contributed by atoms with Crippen molar-refractivity contribution in [3.8, 4) is 22.8 Å². The molecule has 0 atom stereocenters. The Morgan fingerprint density at radius 3 is 2.19 bits per heavy atom. The maximum absolute atomic E-state index is 14.2. The van der Waals surface area contributed by atoms with Gasteiger partial charge in [0.05, 0.1) is 36.2 Å². The molecular weight excluding hydrogens is 543 g/mol. The molecule has 0 bridgehead atoms. The highest BCUT2D eigenvalue weighted by Crippen LogP contribution is 2.38. The van der Waals surface area contributed by atoms with E-state index in [1.807, 2.05) is 51.1 Å². The van der Waals surface area contributed by atoms with Crippen molar-refractivity contribution < 1.29 is 19.1 Å². The average Bonchev–Trinajstić information content (AvgIpc) is 3.23. The first kappa shape index (κ1) is 28.3. The van der Waals surface area contributed by atoms with E-state index in [1.54, 1.807) is 40.5 Å². The molecule has 4 aromatic rings. The van der Waals surface area contributed by atoms with E-state index in [0.29, 0.717) is 64.5 Å². The first-order chi connectivity index (χ1) is 20.7. The van der Waals surface area contributed by atoms with Crippen LogP contribution in [-0.2, 0) is 19.5 Å². The van der Waals surface area contributed by atoms with Crippen molar-refractivity contribution in [1.29, 1.82) is 0 Å². The van der Waals surface area contributed by atoms with E-state index in [1.165, 1.54) is 4.90 Å². The fourth-order valence-electron chi connectivity index (χ4n) is 6.00. The van der Waals surface area contributed by atoms with Gasteiger partial charge in [-0.25, -0.2) is 9.79 Å². The molecule has 43 heavy (non-hydrogen) atoms. The standard InChI is InChI=1S/C33H31BN4O5/c1-5-43-28-16-21-10-11-36-26(25(21)17-27(28)42-4)18-29(35-30-19(2)14-22(34)15-20(30)3)37(33(36)41)12-13-38-31(39)23-8-6-7-9-24(23)32(38)40/h6-9,14-18H,5,10-13H2,1-4H3. The van der Waals surface area contributed by atoms with Crippen LogP contribution in [0.4, 0.5) is 5.69 Å². The predicted molar refractivity (Wildman–Crippen MR) is 164 cm³/mol. The lowest BCUT2D eigenvalue weighted by molar-refractivity contribution is 0.0647. The van der Waals surface area contributed by atoms with Crippen molar-refractivity contribution in [2.24, 2.45) is 4.99 Å². The molecule has 0 N–H and O–H groups in total. The van der Waals surface area contributed by atoms with Crippen molar-refractivity contribution in [3.05, 3.63) is 98.4 Å². The Hall–Kier alpha value is -4.86. The summed E-state index contributed by atoms with van der Waals surface area (Å²) >= 11 is 0. The number of carbonyl (C=O) groups is 2. The summed E-state index contributed by atoms with van der Waals surface area (Å²) in [4.78, 5) is 46.5. The summed E-state index contributed by atoms with van der Waals surface area (Å²) in [5.74, 6) is 0.500. The van der Waals surface area contributed by atoms with Crippen LogP contribution in [0.2, 0.25) is 0 Å². The number of carbonyl (C=O) groups excluding carboxylic acids is 2. The van der Waals surface area contributed by atoms with Crippen LogP contribution in [0.15, 0.2) is 64.4 Å². The number of rotatable bonds is 7. The van der Waals surface area contributed by atoms with E-state index in [9.17, 15) is 14.4 Å². The summed E-state index contributed by atoms with van der Waals surface area (Å²) in [6, 6.07) is 16.2. The number of ether oxygens (including phenoxy) is 2. The summed E-state index contributed by atoms with van der Waals surface area (Å²) in [7, 11) is 7.66. The Kier molecular flexibility index (Phi) is 7.29. The lowest BCUT2D eigenvalue weighted by Gasteiger charge is -2.25. The molecule has 2 radical (unpaired) electrons. The first-order valence-electron chi connectivity index (χ1n) is 14.3. The lowest BCUT2D eigenvalue weighted by Crippen LogP contribution is -2.45. The summed E-state index contributed by atoms with van der Waals surface area (Å²) in [6.07, 6.45) is 0.622. The molecule has 1 aromatic heterocycles. The Balaban J connectivity index is 1.50. The second-order valence-corrected chi connectivity index (χ2v) is 10.7. The second kappa shape index (κ2) is 11.1. The Morgan fingerprint density at radius 2 is 1.56 bits per heavy atom. The summed E-state index contributed by atoms with van der Waals surface area (Å²) in [5, 5.41) is 0. The molecule has 0 spiro atoms. The third kappa shape index (κ3) is 4.86. The number of aromatic nitrogens is 2. The molecule has 0 saturated carbocycles. The average molecular weight is 574 g/mol. The third-order valence-corrected chi connectivity index (χ3v) is 8.03. The lowest BCUT2D eigenvalue weighted by atomic mass is 9.91. The molecule has 3 heterocycles. The number of methoxy groups -OCH3 is 1. The number of benzene rings is 3. The minimum Gasteiger partial charge on any atom is -0.493 e. The molecule has 0 saturated heterocycles. The van der Waals surface area contributed by atoms with Crippen LogP contribution in [0.25, 0.3) is 11.3 Å². The highest BCUT2D eigenvalue weighted by molar-refractivity contribution is 6.32. The van der Waals surface area contributed by atoms with E-state index < -0.39 is 0 Å². The highest BCUT2D eigenvalue weighted by atomic mass is 16.5. The SMILES string of the molecule is [B]c1cc(C)c(N=c2cc3n(c(=O)n2CCN2C(=O)c4ccccc4C2=O)CCc2cc(OCC)c(OC)cc2-3)c(C)c1. The number of imide groups is 1. The molecule has 216 valence electrons. The molecule has 0 aliphatic carbocycles. The van der Waals surface area contributed by atoms with Crippen LogP contribution >= 0.6 is 0 Å². The number of hydrogen-bond acceptors (Lipinski definition) is 6. The molecule has 2 aliphatic heterocycles. The van der Waals surface area contributed by atoms with Crippen molar-refractivity contribution in [1.82, 2.24) is 14.0 Å². The van der Waals surface area contributed by atoms with Gasteiger partial charge in [0.1, 0.15) is 13.3 Å². The van der Waals surface area contributed by atoms with Gasteiger partial charge in [-0.2, -0.15) is 0 Å². The molecule has 10 heteroatoms. The van der Waals surface area contributed by atoms with Gasteiger partial charge < -0.3 is 9.47 Å². The normalized spacial score (nSPS) is 14.0. The first-order valence-corrected chi connectivity index (χ1v) is 14.3.